The molecular formula is C8H7BN2O2. The van der Waals surface area contributed by atoms with Crippen molar-refractivity contribution in [3.8, 4) is 11.9 Å². The molecule has 0 spiro atoms. The van der Waals surface area contributed by atoms with E-state index in [0.29, 0.717) is 10.9 Å². The molecule has 0 radical (unpaired) electrons. The van der Waals surface area contributed by atoms with Gasteiger partial charge >= 0.3 is 6.01 Å². The zero-order valence-corrected chi connectivity index (χ0v) is 7.02. The molecule has 0 unspecified atom stereocenters. The Labute approximate surface area is 75.3 Å². The van der Waals surface area contributed by atoms with Crippen molar-refractivity contribution in [3.05, 3.63) is 18.2 Å². The van der Waals surface area contributed by atoms with Gasteiger partial charge < -0.3 is 10.2 Å². The number of para-hydroxylation sites is 1. The molecule has 0 saturated carbocycles. The minimum absolute atomic E-state index is 0.189. The first kappa shape index (κ1) is 7.85. The first-order chi connectivity index (χ1) is 6.18. The summed E-state index contributed by atoms with van der Waals surface area (Å²) in [6.07, 6.45) is 0. The Morgan fingerprint density at radius 2 is 1.92 bits per heavy atom. The lowest BCUT2D eigenvalue weighted by Gasteiger charge is -2.02. The minimum atomic E-state index is -0.403. The molecule has 64 valence electrons. The van der Waals surface area contributed by atoms with Crippen molar-refractivity contribution in [2.45, 2.75) is 0 Å². The van der Waals surface area contributed by atoms with E-state index >= 15 is 0 Å². The molecular weight excluding hydrogens is 167 g/mol. The predicted octanol–water partition coefficient (Wildman–Crippen LogP) is -0.701. The Kier molecular flexibility index (Phi) is 1.58. The molecule has 2 N–H and O–H groups in total. The summed E-state index contributed by atoms with van der Waals surface area (Å²) in [5.41, 5.74) is 1.47. The summed E-state index contributed by atoms with van der Waals surface area (Å²) >= 11 is 0. The molecule has 0 aliphatic rings. The lowest BCUT2D eigenvalue weighted by molar-refractivity contribution is 0.403. The van der Waals surface area contributed by atoms with Gasteiger partial charge in [-0.2, -0.15) is 9.97 Å². The van der Waals surface area contributed by atoms with Crippen LogP contribution in [-0.4, -0.2) is 28.0 Å². The maximum atomic E-state index is 9.37. The Morgan fingerprint density at radius 1 is 1.15 bits per heavy atom. The van der Waals surface area contributed by atoms with Crippen LogP contribution in [0.4, 0.5) is 0 Å². The fourth-order valence-corrected chi connectivity index (χ4v) is 1.27. The quantitative estimate of drug-likeness (QED) is 0.518. The van der Waals surface area contributed by atoms with Gasteiger partial charge in [0.25, 0.3) is 0 Å². The maximum absolute atomic E-state index is 9.37. The second kappa shape index (κ2) is 2.62. The van der Waals surface area contributed by atoms with Gasteiger partial charge in [0.15, 0.2) is 0 Å². The monoisotopic (exact) mass is 174 g/mol. The van der Waals surface area contributed by atoms with Crippen molar-refractivity contribution in [1.29, 1.82) is 0 Å². The largest absolute Gasteiger partial charge is 0.493 e. The summed E-state index contributed by atoms with van der Waals surface area (Å²) in [5, 5.41) is 19.0. The second-order valence-corrected chi connectivity index (χ2v) is 2.82. The first-order valence-corrected chi connectivity index (χ1v) is 3.84. The number of hydrogen-bond acceptors (Lipinski definition) is 4. The molecule has 0 saturated heterocycles. The van der Waals surface area contributed by atoms with Crippen molar-refractivity contribution in [1.82, 2.24) is 9.97 Å². The van der Waals surface area contributed by atoms with Crippen molar-refractivity contribution in [3.63, 3.8) is 0 Å². The van der Waals surface area contributed by atoms with Crippen LogP contribution in [0, 0.1) is 0 Å². The number of aromatic nitrogens is 2. The molecule has 2 rings (SSSR count). The van der Waals surface area contributed by atoms with Crippen LogP contribution in [0.2, 0.25) is 0 Å². The second-order valence-electron chi connectivity index (χ2n) is 2.82. The van der Waals surface area contributed by atoms with Crippen molar-refractivity contribution in [2.75, 3.05) is 0 Å². The number of hydrogen-bond donors (Lipinski definition) is 2. The van der Waals surface area contributed by atoms with Crippen LogP contribution >= 0.6 is 0 Å². The third kappa shape index (κ3) is 1.18. The fraction of sp³-hybridized carbons (Fsp3) is 0. The zero-order valence-electron chi connectivity index (χ0n) is 7.02. The number of benzene rings is 1. The molecule has 1 heterocycles. The smallest absolute Gasteiger partial charge is 0.317 e. The zero-order chi connectivity index (χ0) is 9.42. The van der Waals surface area contributed by atoms with Crippen LogP contribution < -0.4 is 5.46 Å². The minimum Gasteiger partial charge on any atom is -0.493 e. The van der Waals surface area contributed by atoms with E-state index in [1.807, 2.05) is 13.9 Å². The molecule has 0 bridgehead atoms. The van der Waals surface area contributed by atoms with Gasteiger partial charge in [0.2, 0.25) is 5.88 Å². The molecule has 13 heavy (non-hydrogen) atoms. The van der Waals surface area contributed by atoms with E-state index in [4.69, 9.17) is 5.11 Å². The van der Waals surface area contributed by atoms with Crippen LogP contribution in [0.5, 0.6) is 11.9 Å². The predicted molar refractivity (Wildman–Crippen MR) is 51.0 cm³/mol. The summed E-state index contributed by atoms with van der Waals surface area (Å²) in [5.74, 6) is -0.189. The number of nitrogens with zero attached hydrogens (tertiary/aromatic N) is 2. The number of rotatable bonds is 0. The average molecular weight is 174 g/mol. The fourth-order valence-electron chi connectivity index (χ4n) is 1.27. The Morgan fingerprint density at radius 3 is 2.69 bits per heavy atom. The van der Waals surface area contributed by atoms with E-state index in [1.54, 1.807) is 12.1 Å². The number of fused-ring (bicyclic) bond motifs is 1. The third-order valence-electron chi connectivity index (χ3n) is 1.90. The normalized spacial score (nSPS) is 10.5. The van der Waals surface area contributed by atoms with Gasteiger partial charge in [-0.1, -0.05) is 17.6 Å². The van der Waals surface area contributed by atoms with Crippen molar-refractivity contribution in [2.24, 2.45) is 0 Å². The summed E-state index contributed by atoms with van der Waals surface area (Å²) < 4.78 is 0. The molecule has 0 aliphatic carbocycles. The molecule has 1 aromatic carbocycles. The SMILES string of the molecule is Bc1cccc2c(O)nc(O)nc12. The topological polar surface area (TPSA) is 66.2 Å². The summed E-state index contributed by atoms with van der Waals surface area (Å²) in [7, 11) is 1.86. The van der Waals surface area contributed by atoms with Gasteiger partial charge in [0.05, 0.1) is 10.9 Å². The van der Waals surface area contributed by atoms with Crippen LogP contribution in [0.1, 0.15) is 0 Å². The highest BCUT2D eigenvalue weighted by atomic mass is 16.3. The maximum Gasteiger partial charge on any atom is 0.317 e. The van der Waals surface area contributed by atoms with E-state index < -0.39 is 6.01 Å². The lowest BCUT2D eigenvalue weighted by Crippen LogP contribution is -2.05. The van der Waals surface area contributed by atoms with E-state index in [2.05, 4.69) is 9.97 Å². The molecule has 2 aromatic rings. The van der Waals surface area contributed by atoms with Gasteiger partial charge in [0.1, 0.15) is 7.85 Å². The van der Waals surface area contributed by atoms with Crippen LogP contribution in [0.25, 0.3) is 10.9 Å². The number of aromatic hydroxyl groups is 2. The van der Waals surface area contributed by atoms with E-state index in [1.165, 1.54) is 0 Å². The van der Waals surface area contributed by atoms with Gasteiger partial charge in [-0.05, 0) is 6.07 Å². The van der Waals surface area contributed by atoms with Gasteiger partial charge in [-0.15, -0.1) is 0 Å². The van der Waals surface area contributed by atoms with Crippen LogP contribution in [-0.2, 0) is 0 Å². The van der Waals surface area contributed by atoms with E-state index in [9.17, 15) is 5.11 Å². The van der Waals surface area contributed by atoms with Crippen molar-refractivity contribution < 1.29 is 10.2 Å². The highest BCUT2D eigenvalue weighted by molar-refractivity contribution is 6.38. The highest BCUT2D eigenvalue weighted by Gasteiger charge is 2.06. The van der Waals surface area contributed by atoms with Crippen LogP contribution in [0.3, 0.4) is 0 Å². The summed E-state index contributed by atoms with van der Waals surface area (Å²) in [4.78, 5) is 7.26. The van der Waals surface area contributed by atoms with Gasteiger partial charge in [0, 0.05) is 0 Å². The van der Waals surface area contributed by atoms with Gasteiger partial charge in [-0.25, -0.2) is 0 Å². The summed E-state index contributed by atoms with van der Waals surface area (Å²) in [6, 6.07) is 4.96. The molecule has 4 nitrogen and oxygen atoms in total. The molecule has 0 amide bonds. The average Bonchev–Trinajstić information content (AvgIpc) is 2.07. The Balaban J connectivity index is 2.94. The van der Waals surface area contributed by atoms with E-state index in [-0.39, 0.29) is 5.88 Å². The Bertz CT molecular complexity index is 473. The molecule has 5 heteroatoms. The molecule has 0 fully saturated rings. The van der Waals surface area contributed by atoms with E-state index in [0.717, 1.165) is 5.46 Å². The molecule has 0 atom stereocenters. The highest BCUT2D eigenvalue weighted by Crippen LogP contribution is 2.20. The first-order valence-electron chi connectivity index (χ1n) is 3.84. The third-order valence-corrected chi connectivity index (χ3v) is 1.90. The molecule has 0 aliphatic heterocycles. The van der Waals surface area contributed by atoms with Crippen molar-refractivity contribution >= 4 is 24.2 Å². The molecule has 1 aromatic heterocycles. The standard InChI is InChI=1S/C8H7BN2O2/c9-5-3-1-2-4-6(5)10-8(13)11-7(4)12/h1-3H,9H2,(H2,10,11,12,13). The van der Waals surface area contributed by atoms with Crippen LogP contribution in [0.15, 0.2) is 18.2 Å². The Hall–Kier alpha value is -1.78. The summed E-state index contributed by atoms with van der Waals surface area (Å²) in [6.45, 7) is 0. The van der Waals surface area contributed by atoms with Gasteiger partial charge in [-0.3, -0.25) is 0 Å². The lowest BCUT2D eigenvalue weighted by atomic mass is 9.94.